The van der Waals surface area contributed by atoms with E-state index in [1.807, 2.05) is 37.4 Å². The number of halogens is 1. The van der Waals surface area contributed by atoms with Gasteiger partial charge >= 0.3 is 0 Å². The number of aryl methyl sites for hydroxylation is 2. The Labute approximate surface area is 172 Å². The number of ether oxygens (including phenoxy) is 1. The van der Waals surface area contributed by atoms with Gasteiger partial charge in [-0.2, -0.15) is 5.10 Å². The van der Waals surface area contributed by atoms with Crippen LogP contribution in [0, 0.1) is 13.8 Å². The van der Waals surface area contributed by atoms with E-state index in [4.69, 9.17) is 4.74 Å². The minimum atomic E-state index is 0.138. The molecular formula is C21H22BrN3OS. The van der Waals surface area contributed by atoms with Crippen molar-refractivity contribution >= 4 is 38.6 Å². The van der Waals surface area contributed by atoms with Crippen molar-refractivity contribution in [2.75, 3.05) is 5.43 Å². The molecule has 3 aromatic rings. The van der Waals surface area contributed by atoms with E-state index in [1.54, 1.807) is 6.21 Å². The Morgan fingerprint density at radius 1 is 1.19 bits per heavy atom. The Bertz CT molecular complexity index is 966. The number of aromatic nitrogens is 1. The quantitative estimate of drug-likeness (QED) is 0.352. The van der Waals surface area contributed by atoms with Crippen LogP contribution in [0.4, 0.5) is 5.13 Å². The first-order chi connectivity index (χ1) is 12.9. The highest BCUT2D eigenvalue weighted by molar-refractivity contribution is 9.10. The lowest BCUT2D eigenvalue weighted by molar-refractivity contribution is 0.241. The third kappa shape index (κ3) is 5.17. The summed E-state index contributed by atoms with van der Waals surface area (Å²) in [7, 11) is 0. The Morgan fingerprint density at radius 3 is 2.70 bits per heavy atom. The zero-order valence-electron chi connectivity index (χ0n) is 15.8. The third-order valence-corrected chi connectivity index (χ3v) is 5.22. The number of nitrogens with one attached hydrogen (secondary N) is 1. The molecule has 0 amide bonds. The number of rotatable bonds is 6. The molecule has 0 aliphatic carbocycles. The smallest absolute Gasteiger partial charge is 0.203 e. The summed E-state index contributed by atoms with van der Waals surface area (Å²) in [4.78, 5) is 4.63. The van der Waals surface area contributed by atoms with E-state index in [2.05, 4.69) is 63.5 Å². The average Bonchev–Trinajstić information content (AvgIpc) is 3.05. The van der Waals surface area contributed by atoms with Crippen molar-refractivity contribution in [3.05, 3.63) is 62.9 Å². The molecule has 1 N–H and O–H groups in total. The maximum atomic E-state index is 5.72. The van der Waals surface area contributed by atoms with Crippen LogP contribution in [0.15, 0.2) is 51.4 Å². The first-order valence-electron chi connectivity index (χ1n) is 8.71. The van der Waals surface area contributed by atoms with Gasteiger partial charge in [-0.3, -0.25) is 5.43 Å². The molecule has 0 radical (unpaired) electrons. The van der Waals surface area contributed by atoms with Crippen molar-refractivity contribution in [3.63, 3.8) is 0 Å². The minimum absolute atomic E-state index is 0.138. The standard InChI is InChI=1S/C21H22BrN3OS/c1-13(2)26-20-8-6-16(10-18(20)22)11-23-25-21-24-19(12-27-21)17-7-5-14(3)9-15(17)4/h5-13H,1-4H3,(H,24,25)/b23-11-. The topological polar surface area (TPSA) is 46.5 Å². The van der Waals surface area contributed by atoms with Gasteiger partial charge in [0.1, 0.15) is 5.75 Å². The lowest BCUT2D eigenvalue weighted by Gasteiger charge is -2.11. The van der Waals surface area contributed by atoms with Crippen LogP contribution in [0.1, 0.15) is 30.5 Å². The summed E-state index contributed by atoms with van der Waals surface area (Å²) in [5.41, 5.74) is 8.58. The second-order valence-electron chi connectivity index (χ2n) is 6.58. The van der Waals surface area contributed by atoms with Gasteiger partial charge in [-0.1, -0.05) is 23.8 Å². The van der Waals surface area contributed by atoms with Gasteiger partial charge in [0.2, 0.25) is 5.13 Å². The molecule has 0 fully saturated rings. The fourth-order valence-corrected chi connectivity index (χ4v) is 3.81. The van der Waals surface area contributed by atoms with E-state index in [0.717, 1.165) is 32.2 Å². The molecule has 0 saturated heterocycles. The summed E-state index contributed by atoms with van der Waals surface area (Å²) in [6.07, 6.45) is 1.90. The molecule has 0 spiro atoms. The van der Waals surface area contributed by atoms with E-state index in [1.165, 1.54) is 22.5 Å². The van der Waals surface area contributed by atoms with E-state index in [-0.39, 0.29) is 6.10 Å². The Balaban J connectivity index is 1.67. The van der Waals surface area contributed by atoms with Crippen molar-refractivity contribution in [1.82, 2.24) is 4.98 Å². The van der Waals surface area contributed by atoms with E-state index >= 15 is 0 Å². The molecule has 0 aliphatic rings. The van der Waals surface area contributed by atoms with Gasteiger partial charge in [-0.25, -0.2) is 4.98 Å². The van der Waals surface area contributed by atoms with Gasteiger partial charge in [0.15, 0.2) is 0 Å². The van der Waals surface area contributed by atoms with E-state index < -0.39 is 0 Å². The third-order valence-electron chi connectivity index (χ3n) is 3.85. The maximum Gasteiger partial charge on any atom is 0.203 e. The zero-order valence-corrected chi connectivity index (χ0v) is 18.2. The molecule has 4 nitrogen and oxygen atoms in total. The molecule has 0 bridgehead atoms. The molecule has 6 heteroatoms. The molecule has 2 aromatic carbocycles. The second-order valence-corrected chi connectivity index (χ2v) is 8.30. The molecule has 27 heavy (non-hydrogen) atoms. The van der Waals surface area contributed by atoms with Gasteiger partial charge in [-0.15, -0.1) is 11.3 Å². The number of nitrogens with zero attached hydrogens (tertiary/aromatic N) is 2. The summed E-state index contributed by atoms with van der Waals surface area (Å²) >= 11 is 5.08. The number of hydrazone groups is 1. The number of anilines is 1. The van der Waals surface area contributed by atoms with Crippen LogP contribution in [0.2, 0.25) is 0 Å². The van der Waals surface area contributed by atoms with Crippen molar-refractivity contribution in [3.8, 4) is 17.0 Å². The minimum Gasteiger partial charge on any atom is -0.490 e. The predicted octanol–water partition coefficient (Wildman–Crippen LogP) is 6.42. The van der Waals surface area contributed by atoms with Gasteiger partial charge < -0.3 is 4.74 Å². The average molecular weight is 444 g/mol. The van der Waals surface area contributed by atoms with Crippen LogP contribution in [0.5, 0.6) is 5.75 Å². The highest BCUT2D eigenvalue weighted by Crippen LogP contribution is 2.28. The van der Waals surface area contributed by atoms with Crippen LogP contribution in [0.25, 0.3) is 11.3 Å². The molecule has 0 atom stereocenters. The highest BCUT2D eigenvalue weighted by Gasteiger charge is 2.07. The SMILES string of the molecule is Cc1ccc(-c2csc(N/N=C\c3ccc(OC(C)C)c(Br)c3)n2)c(C)c1. The van der Waals surface area contributed by atoms with E-state index in [0.29, 0.717) is 0 Å². The number of benzene rings is 2. The molecule has 0 aliphatic heterocycles. The van der Waals surface area contributed by atoms with Gasteiger partial charge in [0.25, 0.3) is 0 Å². The normalized spacial score (nSPS) is 11.3. The monoisotopic (exact) mass is 443 g/mol. The number of hydrogen-bond donors (Lipinski definition) is 1. The second kappa shape index (κ2) is 8.67. The molecule has 3 rings (SSSR count). The Hall–Kier alpha value is -2.18. The van der Waals surface area contributed by atoms with Crippen LogP contribution in [0.3, 0.4) is 0 Å². The van der Waals surface area contributed by atoms with E-state index in [9.17, 15) is 0 Å². The Morgan fingerprint density at radius 2 is 2.00 bits per heavy atom. The molecular weight excluding hydrogens is 422 g/mol. The summed E-state index contributed by atoms with van der Waals surface area (Å²) in [6, 6.07) is 12.3. The fraction of sp³-hybridized carbons (Fsp3) is 0.238. The van der Waals surface area contributed by atoms with Gasteiger partial charge in [-0.05, 0) is 73.0 Å². The Kier molecular flexibility index (Phi) is 6.29. The largest absolute Gasteiger partial charge is 0.490 e. The molecule has 1 heterocycles. The van der Waals surface area contributed by atoms with Crippen molar-refractivity contribution in [2.24, 2.45) is 5.10 Å². The van der Waals surface area contributed by atoms with Gasteiger partial charge in [0, 0.05) is 10.9 Å². The first-order valence-corrected chi connectivity index (χ1v) is 10.4. The molecule has 140 valence electrons. The van der Waals surface area contributed by atoms with Crippen LogP contribution in [-0.4, -0.2) is 17.3 Å². The lowest BCUT2D eigenvalue weighted by Crippen LogP contribution is -2.06. The molecule has 1 aromatic heterocycles. The summed E-state index contributed by atoms with van der Waals surface area (Å²) < 4.78 is 6.63. The molecule has 0 saturated carbocycles. The van der Waals surface area contributed by atoms with Crippen LogP contribution >= 0.6 is 27.3 Å². The number of thiazole rings is 1. The van der Waals surface area contributed by atoms with Crippen molar-refractivity contribution in [1.29, 1.82) is 0 Å². The highest BCUT2D eigenvalue weighted by atomic mass is 79.9. The van der Waals surface area contributed by atoms with Crippen molar-refractivity contribution in [2.45, 2.75) is 33.8 Å². The fourth-order valence-electron chi connectivity index (χ4n) is 2.66. The summed E-state index contributed by atoms with van der Waals surface area (Å²) in [5, 5.41) is 7.11. The summed E-state index contributed by atoms with van der Waals surface area (Å²) in [5.74, 6) is 0.827. The number of hydrogen-bond acceptors (Lipinski definition) is 5. The lowest BCUT2D eigenvalue weighted by atomic mass is 10.0. The summed E-state index contributed by atoms with van der Waals surface area (Å²) in [6.45, 7) is 8.22. The molecule has 0 unspecified atom stereocenters. The van der Waals surface area contributed by atoms with Crippen LogP contribution in [-0.2, 0) is 0 Å². The van der Waals surface area contributed by atoms with Crippen LogP contribution < -0.4 is 10.2 Å². The van der Waals surface area contributed by atoms with Crippen molar-refractivity contribution < 1.29 is 4.74 Å². The zero-order chi connectivity index (χ0) is 19.4. The maximum absolute atomic E-state index is 5.72. The predicted molar refractivity (Wildman–Crippen MR) is 118 cm³/mol. The first kappa shape index (κ1) is 19.6. The van der Waals surface area contributed by atoms with Gasteiger partial charge in [0.05, 0.1) is 22.5 Å².